The third-order valence-corrected chi connectivity index (χ3v) is 4.21. The first-order valence-electron chi connectivity index (χ1n) is 7.36. The molecule has 0 amide bonds. The normalized spacial score (nSPS) is 15.2. The Bertz CT molecular complexity index is 569. The Labute approximate surface area is 139 Å². The van der Waals surface area contributed by atoms with E-state index in [1.807, 2.05) is 42.2 Å². The number of ketones is 1. The lowest BCUT2D eigenvalue weighted by atomic mass is 10.1. The molecule has 0 aromatic heterocycles. The predicted octanol–water partition coefficient (Wildman–Crippen LogP) is 2.72. The maximum atomic E-state index is 11.9. The molecule has 0 spiro atoms. The van der Waals surface area contributed by atoms with Crippen molar-refractivity contribution >= 4 is 27.7 Å². The van der Waals surface area contributed by atoms with E-state index in [0.717, 1.165) is 23.1 Å². The highest BCUT2D eigenvalue weighted by molar-refractivity contribution is 9.09. The molecule has 0 atom stereocenters. The lowest BCUT2D eigenvalue weighted by molar-refractivity contribution is -0.146. The Morgan fingerprint density at radius 1 is 1.23 bits per heavy atom. The largest absolute Gasteiger partial charge is 0.460 e. The summed E-state index contributed by atoms with van der Waals surface area (Å²) in [5, 5.41) is 0.331. The Hall–Kier alpha value is -1.46. The maximum Gasteiger partial charge on any atom is 0.320 e. The van der Waals surface area contributed by atoms with Crippen LogP contribution in [0.3, 0.4) is 0 Å². The van der Waals surface area contributed by atoms with E-state index in [0.29, 0.717) is 18.4 Å². The van der Waals surface area contributed by atoms with E-state index in [4.69, 9.17) is 4.74 Å². The second-order valence-corrected chi connectivity index (χ2v) is 5.84. The van der Waals surface area contributed by atoms with Crippen LogP contribution in [-0.2, 0) is 20.9 Å². The van der Waals surface area contributed by atoms with Gasteiger partial charge in [-0.15, -0.1) is 0 Å². The van der Waals surface area contributed by atoms with E-state index in [1.165, 1.54) is 0 Å². The molecule has 1 aliphatic heterocycles. The Morgan fingerprint density at radius 3 is 2.59 bits per heavy atom. The number of carbonyl (C=O) groups is 2. The van der Waals surface area contributed by atoms with Crippen molar-refractivity contribution in [3.8, 4) is 0 Å². The fourth-order valence-corrected chi connectivity index (χ4v) is 2.86. The molecule has 0 fully saturated rings. The molecular formula is C17H20BrNO3. The smallest absolute Gasteiger partial charge is 0.320 e. The van der Waals surface area contributed by atoms with Crippen molar-refractivity contribution in [3.05, 3.63) is 47.0 Å². The molecule has 2 rings (SSSR count). The number of hydrogen-bond donors (Lipinski definition) is 0. The van der Waals surface area contributed by atoms with Crippen LogP contribution in [0.4, 0.5) is 0 Å². The Morgan fingerprint density at radius 2 is 1.95 bits per heavy atom. The topological polar surface area (TPSA) is 46.6 Å². The van der Waals surface area contributed by atoms with E-state index < -0.39 is 0 Å². The molecule has 22 heavy (non-hydrogen) atoms. The van der Waals surface area contributed by atoms with Crippen molar-refractivity contribution in [2.75, 3.05) is 25.0 Å². The highest BCUT2D eigenvalue weighted by Crippen LogP contribution is 2.21. The number of hydrogen-bond acceptors (Lipinski definition) is 4. The molecule has 0 aliphatic carbocycles. The minimum absolute atomic E-state index is 0.108. The van der Waals surface area contributed by atoms with Crippen molar-refractivity contribution in [2.45, 2.75) is 20.0 Å². The van der Waals surface area contributed by atoms with Gasteiger partial charge in [-0.3, -0.25) is 14.5 Å². The first-order chi connectivity index (χ1) is 10.6. The third kappa shape index (κ3) is 4.52. The lowest BCUT2D eigenvalue weighted by Gasteiger charge is -2.15. The van der Waals surface area contributed by atoms with Crippen LogP contribution >= 0.6 is 15.9 Å². The number of halogens is 1. The summed E-state index contributed by atoms with van der Waals surface area (Å²) in [6.07, 6.45) is 0.837. The van der Waals surface area contributed by atoms with Gasteiger partial charge in [0.05, 0.1) is 11.9 Å². The minimum Gasteiger partial charge on any atom is -0.460 e. The van der Waals surface area contributed by atoms with Gasteiger partial charge in [0.2, 0.25) is 0 Å². The van der Waals surface area contributed by atoms with E-state index in [2.05, 4.69) is 15.9 Å². The van der Waals surface area contributed by atoms with Crippen molar-refractivity contribution in [1.82, 2.24) is 4.90 Å². The number of carbonyl (C=O) groups excluding carboxylic acids is 2. The van der Waals surface area contributed by atoms with Gasteiger partial charge in [0.1, 0.15) is 6.61 Å². The molecule has 0 saturated carbocycles. The first kappa shape index (κ1) is 16.9. The van der Waals surface area contributed by atoms with Gasteiger partial charge in [0.15, 0.2) is 5.78 Å². The van der Waals surface area contributed by atoms with Crippen molar-refractivity contribution in [2.24, 2.45) is 0 Å². The van der Waals surface area contributed by atoms with Crippen molar-refractivity contribution < 1.29 is 14.3 Å². The standard InChI is InChI=1S/C17H20BrNO3/c1-2-14-9-19(10-15(14)16(20)8-18)11-17(21)22-12-13-6-4-3-5-7-13/h3-7H,2,8-12H2,1H3. The number of esters is 1. The Kier molecular flexibility index (Phi) is 6.34. The molecule has 5 heteroatoms. The molecular weight excluding hydrogens is 346 g/mol. The Balaban J connectivity index is 1.83. The van der Waals surface area contributed by atoms with Gasteiger partial charge in [-0.2, -0.15) is 0 Å². The van der Waals surface area contributed by atoms with Crippen LogP contribution < -0.4 is 0 Å². The summed E-state index contributed by atoms with van der Waals surface area (Å²) in [6, 6.07) is 9.60. The fourth-order valence-electron chi connectivity index (χ4n) is 2.53. The maximum absolute atomic E-state index is 11.9. The van der Waals surface area contributed by atoms with Gasteiger partial charge in [-0.1, -0.05) is 53.2 Å². The predicted molar refractivity (Wildman–Crippen MR) is 88.8 cm³/mol. The summed E-state index contributed by atoms with van der Waals surface area (Å²) in [6.45, 7) is 3.75. The summed E-state index contributed by atoms with van der Waals surface area (Å²) in [4.78, 5) is 25.8. The number of nitrogens with zero attached hydrogens (tertiary/aromatic N) is 1. The van der Waals surface area contributed by atoms with Gasteiger partial charge in [0, 0.05) is 18.7 Å². The number of rotatable bonds is 7. The molecule has 118 valence electrons. The number of Topliss-reactive ketones (excluding diaryl/α,β-unsaturated/α-hetero) is 1. The summed E-state index contributed by atoms with van der Waals surface area (Å²) in [5.74, 6) is -0.149. The highest BCUT2D eigenvalue weighted by Gasteiger charge is 2.26. The van der Waals surface area contributed by atoms with E-state index in [9.17, 15) is 9.59 Å². The van der Waals surface area contributed by atoms with Crippen LogP contribution in [-0.4, -0.2) is 41.6 Å². The zero-order valence-corrected chi connectivity index (χ0v) is 14.3. The number of benzene rings is 1. The average molecular weight is 366 g/mol. The molecule has 0 unspecified atom stereocenters. The zero-order chi connectivity index (χ0) is 15.9. The molecule has 4 nitrogen and oxygen atoms in total. The summed E-state index contributed by atoms with van der Waals surface area (Å²) in [7, 11) is 0. The van der Waals surface area contributed by atoms with E-state index in [1.54, 1.807) is 0 Å². The summed E-state index contributed by atoms with van der Waals surface area (Å²) < 4.78 is 5.29. The SMILES string of the molecule is CCC1=C(C(=O)CBr)CN(CC(=O)OCc2ccccc2)C1. The van der Waals surface area contributed by atoms with Gasteiger partial charge >= 0.3 is 5.97 Å². The average Bonchev–Trinajstić information content (AvgIpc) is 2.96. The second kappa shape index (κ2) is 8.25. The number of ether oxygens (including phenoxy) is 1. The molecule has 1 aromatic rings. The van der Waals surface area contributed by atoms with E-state index >= 15 is 0 Å². The van der Waals surface area contributed by atoms with Gasteiger partial charge in [-0.25, -0.2) is 0 Å². The fraction of sp³-hybridized carbons (Fsp3) is 0.412. The van der Waals surface area contributed by atoms with Crippen LogP contribution in [0.5, 0.6) is 0 Å². The minimum atomic E-state index is -0.258. The van der Waals surface area contributed by atoms with Crippen molar-refractivity contribution in [3.63, 3.8) is 0 Å². The molecule has 1 aromatic carbocycles. The van der Waals surface area contributed by atoms with Crippen LogP contribution in [0, 0.1) is 0 Å². The van der Waals surface area contributed by atoms with Crippen molar-refractivity contribution in [1.29, 1.82) is 0 Å². The molecule has 0 N–H and O–H groups in total. The van der Waals surface area contributed by atoms with Crippen LogP contribution in [0.1, 0.15) is 18.9 Å². The van der Waals surface area contributed by atoms with Crippen LogP contribution in [0.25, 0.3) is 0 Å². The molecule has 1 heterocycles. The molecule has 0 bridgehead atoms. The summed E-state index contributed by atoms with van der Waals surface area (Å²) >= 11 is 3.21. The van der Waals surface area contributed by atoms with Gasteiger partial charge in [-0.05, 0) is 17.6 Å². The number of alkyl halides is 1. The lowest BCUT2D eigenvalue weighted by Crippen LogP contribution is -2.30. The van der Waals surface area contributed by atoms with Gasteiger partial charge < -0.3 is 4.74 Å². The first-order valence-corrected chi connectivity index (χ1v) is 8.48. The van der Waals surface area contributed by atoms with Crippen LogP contribution in [0.2, 0.25) is 0 Å². The van der Waals surface area contributed by atoms with Gasteiger partial charge in [0.25, 0.3) is 0 Å². The van der Waals surface area contributed by atoms with Crippen LogP contribution in [0.15, 0.2) is 41.5 Å². The van der Waals surface area contributed by atoms with E-state index in [-0.39, 0.29) is 24.9 Å². The molecule has 1 aliphatic rings. The molecule has 0 saturated heterocycles. The molecule has 0 radical (unpaired) electrons. The third-order valence-electron chi connectivity index (χ3n) is 3.70. The zero-order valence-electron chi connectivity index (χ0n) is 12.7. The monoisotopic (exact) mass is 365 g/mol. The summed E-state index contributed by atoms with van der Waals surface area (Å²) in [5.41, 5.74) is 2.94. The quantitative estimate of drug-likeness (QED) is 0.550. The second-order valence-electron chi connectivity index (χ2n) is 5.28. The highest BCUT2D eigenvalue weighted by atomic mass is 79.9.